The van der Waals surface area contributed by atoms with E-state index in [-0.39, 0.29) is 0 Å². The number of aromatic nitrogens is 2. The lowest BCUT2D eigenvalue weighted by Gasteiger charge is -2.22. The van der Waals surface area contributed by atoms with Gasteiger partial charge in [0.05, 0.1) is 11.0 Å². The van der Waals surface area contributed by atoms with Gasteiger partial charge in [-0.05, 0) is 47.9 Å². The van der Waals surface area contributed by atoms with Crippen LogP contribution >= 0.6 is 23.2 Å². The zero-order valence-electron chi connectivity index (χ0n) is 17.7. The van der Waals surface area contributed by atoms with E-state index in [1.54, 1.807) is 6.08 Å². The molecule has 3 rings (SSSR count). The number of nitrogens with zero attached hydrogens (tertiary/aromatic N) is 3. The molecule has 0 aliphatic rings. The monoisotopic (exact) mass is 459 g/mol. The maximum Gasteiger partial charge on any atom is 0.241 e. The number of carbonyl (C=O) groups is 1. The van der Waals surface area contributed by atoms with Crippen LogP contribution in [0, 0.1) is 6.92 Å². The van der Waals surface area contributed by atoms with E-state index < -0.39 is 5.91 Å². The van der Waals surface area contributed by atoms with Gasteiger partial charge in [0.1, 0.15) is 0 Å². The standard InChI is InChI=1S/C23H27Cl2N5O/c1-16-13-17(4-8-22(26)31)3-5-18(16)15-27-23-28-20-14-19(6-7-21(20)29(23)2)30(11-9-24)12-10-25/h3-8,13-14H,9-12,15H2,1-2H3,(H2,26,31)(H,27,28)/b8-4+. The van der Waals surface area contributed by atoms with Crippen LogP contribution in [0.25, 0.3) is 17.1 Å². The summed E-state index contributed by atoms with van der Waals surface area (Å²) in [6.07, 6.45) is 3.08. The van der Waals surface area contributed by atoms with Crippen LogP contribution in [0.4, 0.5) is 11.6 Å². The lowest BCUT2D eigenvalue weighted by Crippen LogP contribution is -2.27. The SMILES string of the molecule is Cc1cc(/C=C/C(N)=O)ccc1CNc1nc2cc(N(CCCl)CCCl)ccc2n1C. The normalized spacial score (nSPS) is 11.4. The van der Waals surface area contributed by atoms with E-state index in [0.717, 1.165) is 52.4 Å². The number of imidazole rings is 1. The highest BCUT2D eigenvalue weighted by atomic mass is 35.5. The fourth-order valence-electron chi connectivity index (χ4n) is 3.49. The molecule has 1 heterocycles. The molecule has 164 valence electrons. The summed E-state index contributed by atoms with van der Waals surface area (Å²) in [4.78, 5) is 17.9. The summed E-state index contributed by atoms with van der Waals surface area (Å²) in [5.41, 5.74) is 11.4. The van der Waals surface area contributed by atoms with Crippen molar-refractivity contribution in [1.82, 2.24) is 9.55 Å². The third-order valence-corrected chi connectivity index (χ3v) is 5.52. The molecule has 1 aromatic heterocycles. The van der Waals surface area contributed by atoms with Gasteiger partial charge in [-0.25, -0.2) is 4.98 Å². The van der Waals surface area contributed by atoms with Crippen molar-refractivity contribution in [2.24, 2.45) is 12.8 Å². The number of nitrogens with one attached hydrogen (secondary N) is 1. The molecule has 0 bridgehead atoms. The Hall–Kier alpha value is -2.70. The minimum Gasteiger partial charge on any atom is -0.369 e. The van der Waals surface area contributed by atoms with Crippen molar-refractivity contribution >= 4 is 57.9 Å². The molecule has 6 nitrogen and oxygen atoms in total. The number of rotatable bonds is 10. The van der Waals surface area contributed by atoms with Gasteiger partial charge < -0.3 is 20.5 Å². The van der Waals surface area contributed by atoms with Crippen molar-refractivity contribution in [2.75, 3.05) is 35.1 Å². The molecule has 0 spiro atoms. The van der Waals surface area contributed by atoms with Crippen LogP contribution in [0.2, 0.25) is 0 Å². The first-order valence-corrected chi connectivity index (χ1v) is 11.1. The van der Waals surface area contributed by atoms with Crippen molar-refractivity contribution in [3.05, 3.63) is 59.2 Å². The summed E-state index contributed by atoms with van der Waals surface area (Å²) in [5.74, 6) is 1.42. The van der Waals surface area contributed by atoms with Crippen LogP contribution in [0.15, 0.2) is 42.5 Å². The second-order valence-corrected chi connectivity index (χ2v) is 8.06. The Morgan fingerprint density at radius 1 is 1.19 bits per heavy atom. The number of halogens is 2. The predicted molar refractivity (Wildman–Crippen MR) is 131 cm³/mol. The number of alkyl halides is 2. The van der Waals surface area contributed by atoms with Gasteiger partial charge in [-0.3, -0.25) is 4.79 Å². The first-order valence-electron chi connectivity index (χ1n) is 10.1. The third-order valence-electron chi connectivity index (χ3n) is 5.18. The number of benzene rings is 2. The van der Waals surface area contributed by atoms with Gasteiger partial charge in [0.25, 0.3) is 0 Å². The second-order valence-electron chi connectivity index (χ2n) is 7.31. The highest BCUT2D eigenvalue weighted by Gasteiger charge is 2.12. The topological polar surface area (TPSA) is 76.2 Å². The summed E-state index contributed by atoms with van der Waals surface area (Å²) < 4.78 is 2.05. The summed E-state index contributed by atoms with van der Waals surface area (Å²) >= 11 is 11.9. The first-order chi connectivity index (χ1) is 14.9. The van der Waals surface area contributed by atoms with Crippen molar-refractivity contribution in [1.29, 1.82) is 0 Å². The molecule has 31 heavy (non-hydrogen) atoms. The number of anilines is 2. The van der Waals surface area contributed by atoms with Crippen LogP contribution in [0.1, 0.15) is 16.7 Å². The molecule has 0 unspecified atom stereocenters. The maximum atomic E-state index is 10.9. The molecule has 1 amide bonds. The third kappa shape index (κ3) is 5.71. The highest BCUT2D eigenvalue weighted by Crippen LogP contribution is 2.25. The molecule has 0 radical (unpaired) electrons. The largest absolute Gasteiger partial charge is 0.369 e. The van der Waals surface area contributed by atoms with E-state index in [9.17, 15) is 4.79 Å². The Morgan fingerprint density at radius 2 is 1.94 bits per heavy atom. The summed E-state index contributed by atoms with van der Waals surface area (Å²) in [7, 11) is 2.00. The summed E-state index contributed by atoms with van der Waals surface area (Å²) in [6, 6.07) is 12.3. The number of nitrogens with two attached hydrogens (primary N) is 1. The van der Waals surface area contributed by atoms with Crippen LogP contribution < -0.4 is 16.0 Å². The second kappa shape index (κ2) is 10.6. The van der Waals surface area contributed by atoms with Gasteiger partial charge in [-0.1, -0.05) is 18.2 Å². The molecular formula is C23H27Cl2N5O. The van der Waals surface area contributed by atoms with Crippen LogP contribution in [0.5, 0.6) is 0 Å². The van der Waals surface area contributed by atoms with Crippen molar-refractivity contribution in [3.8, 4) is 0 Å². The van der Waals surface area contributed by atoms with Gasteiger partial charge in [0.2, 0.25) is 11.9 Å². The zero-order chi connectivity index (χ0) is 22.4. The Labute approximate surface area is 192 Å². The number of primary amides is 1. The minimum atomic E-state index is -0.457. The van der Waals surface area contributed by atoms with Crippen LogP contribution in [0.3, 0.4) is 0 Å². The van der Waals surface area contributed by atoms with Crippen molar-refractivity contribution in [3.63, 3.8) is 0 Å². The Balaban J connectivity index is 1.77. The van der Waals surface area contributed by atoms with Gasteiger partial charge >= 0.3 is 0 Å². The average molecular weight is 460 g/mol. The molecule has 0 fully saturated rings. The maximum absolute atomic E-state index is 10.9. The molecule has 2 aromatic carbocycles. The fraction of sp³-hybridized carbons (Fsp3) is 0.304. The molecule has 0 atom stereocenters. The molecule has 0 aliphatic carbocycles. The van der Waals surface area contributed by atoms with E-state index >= 15 is 0 Å². The number of carbonyl (C=O) groups excluding carboxylic acids is 1. The fourth-order valence-corrected chi connectivity index (χ4v) is 3.90. The Morgan fingerprint density at radius 3 is 2.58 bits per heavy atom. The quantitative estimate of drug-likeness (QED) is 0.350. The molecule has 3 aromatic rings. The number of hydrogen-bond donors (Lipinski definition) is 2. The molecule has 8 heteroatoms. The average Bonchev–Trinajstić information content (AvgIpc) is 3.06. The van der Waals surface area contributed by atoms with Crippen molar-refractivity contribution in [2.45, 2.75) is 13.5 Å². The van der Waals surface area contributed by atoms with Crippen LogP contribution in [-0.2, 0) is 18.4 Å². The van der Waals surface area contributed by atoms with Gasteiger partial charge in [-0.2, -0.15) is 0 Å². The Bertz CT molecular complexity index is 1090. The minimum absolute atomic E-state index is 0.457. The Kier molecular flexibility index (Phi) is 7.82. The summed E-state index contributed by atoms with van der Waals surface area (Å²) in [5, 5.41) is 3.43. The van der Waals surface area contributed by atoms with Gasteiger partial charge in [-0.15, -0.1) is 23.2 Å². The molecule has 0 saturated carbocycles. The van der Waals surface area contributed by atoms with E-state index in [1.807, 2.05) is 36.7 Å². The van der Waals surface area contributed by atoms with Crippen molar-refractivity contribution < 1.29 is 4.79 Å². The molecule has 0 aliphatic heterocycles. The van der Waals surface area contributed by atoms with E-state index in [0.29, 0.717) is 18.3 Å². The highest BCUT2D eigenvalue weighted by molar-refractivity contribution is 6.18. The number of fused-ring (bicyclic) bond motifs is 1. The molecule has 0 saturated heterocycles. The van der Waals surface area contributed by atoms with E-state index in [2.05, 4.69) is 28.4 Å². The number of amides is 1. The van der Waals surface area contributed by atoms with Gasteiger partial charge in [0, 0.05) is 50.2 Å². The predicted octanol–water partition coefficient (Wildman–Crippen LogP) is 4.28. The van der Waals surface area contributed by atoms with Gasteiger partial charge in [0.15, 0.2) is 0 Å². The molecular weight excluding hydrogens is 433 g/mol. The number of hydrogen-bond acceptors (Lipinski definition) is 4. The lowest BCUT2D eigenvalue weighted by molar-refractivity contribution is -0.113. The zero-order valence-corrected chi connectivity index (χ0v) is 19.2. The van der Waals surface area contributed by atoms with E-state index in [4.69, 9.17) is 33.9 Å². The first kappa shape index (κ1) is 23.0. The summed E-state index contributed by atoms with van der Waals surface area (Å²) in [6.45, 7) is 4.16. The smallest absolute Gasteiger partial charge is 0.241 e. The number of aryl methyl sites for hydroxylation is 2. The van der Waals surface area contributed by atoms with E-state index in [1.165, 1.54) is 6.08 Å². The molecule has 3 N–H and O–H groups in total. The van der Waals surface area contributed by atoms with Crippen LogP contribution in [-0.4, -0.2) is 40.3 Å². The lowest BCUT2D eigenvalue weighted by atomic mass is 10.0.